The van der Waals surface area contributed by atoms with Crippen molar-refractivity contribution in [3.05, 3.63) is 12.3 Å². The molecule has 0 heterocycles. The van der Waals surface area contributed by atoms with Crippen LogP contribution in [0.5, 0.6) is 0 Å². The van der Waals surface area contributed by atoms with Gasteiger partial charge in [-0.05, 0) is 18.9 Å². The van der Waals surface area contributed by atoms with E-state index < -0.39 is 0 Å². The summed E-state index contributed by atoms with van der Waals surface area (Å²) in [5.41, 5.74) is 0. The summed E-state index contributed by atoms with van der Waals surface area (Å²) in [6.07, 6.45) is 15.1. The zero-order valence-electron chi connectivity index (χ0n) is 10.8. The molecule has 0 spiro atoms. The van der Waals surface area contributed by atoms with E-state index in [1.54, 1.807) is 0 Å². The Labute approximate surface area is 100 Å². The number of hydrogen-bond donors (Lipinski definition) is 0. The third-order valence-electron chi connectivity index (χ3n) is 2.55. The standard InChI is InChI=1S/C14H26O2/c1-3-4-5-6-7-8-9-10-11-12-13-16-14(2)15/h12-13H,3-11H2,1-2H3. The molecule has 0 aromatic rings. The van der Waals surface area contributed by atoms with Crippen molar-refractivity contribution in [3.63, 3.8) is 0 Å². The summed E-state index contributed by atoms with van der Waals surface area (Å²) in [5.74, 6) is -0.243. The Morgan fingerprint density at radius 2 is 1.56 bits per heavy atom. The molecule has 0 amide bonds. The molecule has 0 aliphatic heterocycles. The van der Waals surface area contributed by atoms with Gasteiger partial charge >= 0.3 is 5.97 Å². The molecule has 2 heteroatoms. The highest BCUT2D eigenvalue weighted by Gasteiger charge is 1.90. The SMILES string of the molecule is CCCCCCCCCCC=COC(C)=O. The van der Waals surface area contributed by atoms with Gasteiger partial charge in [-0.1, -0.05) is 51.9 Å². The van der Waals surface area contributed by atoms with Gasteiger partial charge < -0.3 is 4.74 Å². The summed E-state index contributed by atoms with van der Waals surface area (Å²) in [6, 6.07) is 0. The fraction of sp³-hybridized carbons (Fsp3) is 0.786. The van der Waals surface area contributed by atoms with Gasteiger partial charge in [-0.25, -0.2) is 0 Å². The van der Waals surface area contributed by atoms with E-state index in [1.165, 1.54) is 64.6 Å². The first-order valence-electron chi connectivity index (χ1n) is 6.59. The van der Waals surface area contributed by atoms with Crippen LogP contribution in [-0.4, -0.2) is 5.97 Å². The van der Waals surface area contributed by atoms with E-state index in [1.807, 2.05) is 6.08 Å². The lowest BCUT2D eigenvalue weighted by atomic mass is 10.1. The van der Waals surface area contributed by atoms with Crippen LogP contribution in [0, 0.1) is 0 Å². The smallest absolute Gasteiger partial charge is 0.307 e. The molecule has 2 nitrogen and oxygen atoms in total. The van der Waals surface area contributed by atoms with E-state index in [9.17, 15) is 4.79 Å². The highest BCUT2D eigenvalue weighted by atomic mass is 16.5. The summed E-state index contributed by atoms with van der Waals surface area (Å²) >= 11 is 0. The van der Waals surface area contributed by atoms with E-state index in [2.05, 4.69) is 6.92 Å². The minimum absolute atomic E-state index is 0.243. The summed E-state index contributed by atoms with van der Waals surface area (Å²) in [7, 11) is 0. The molecular weight excluding hydrogens is 200 g/mol. The maximum absolute atomic E-state index is 10.4. The molecule has 0 saturated heterocycles. The molecule has 0 aliphatic carbocycles. The molecule has 0 aromatic carbocycles. The Kier molecular flexibility index (Phi) is 11.7. The Morgan fingerprint density at radius 3 is 2.12 bits per heavy atom. The number of carbonyl (C=O) groups excluding carboxylic acids is 1. The van der Waals surface area contributed by atoms with Crippen molar-refractivity contribution in [2.75, 3.05) is 0 Å². The van der Waals surface area contributed by atoms with Gasteiger partial charge in [-0.2, -0.15) is 0 Å². The summed E-state index contributed by atoms with van der Waals surface area (Å²) in [6.45, 7) is 3.66. The zero-order valence-corrected chi connectivity index (χ0v) is 10.8. The fourth-order valence-electron chi connectivity index (χ4n) is 1.61. The molecule has 0 radical (unpaired) electrons. The van der Waals surface area contributed by atoms with Crippen molar-refractivity contribution >= 4 is 5.97 Å². The van der Waals surface area contributed by atoms with Gasteiger partial charge in [0, 0.05) is 6.92 Å². The molecule has 16 heavy (non-hydrogen) atoms. The second-order valence-corrected chi connectivity index (χ2v) is 4.24. The minimum atomic E-state index is -0.243. The van der Waals surface area contributed by atoms with Gasteiger partial charge in [0.05, 0.1) is 6.26 Å². The number of hydrogen-bond acceptors (Lipinski definition) is 2. The predicted octanol–water partition coefficient (Wildman–Crippen LogP) is 4.59. The maximum atomic E-state index is 10.4. The highest BCUT2D eigenvalue weighted by Crippen LogP contribution is 2.09. The Morgan fingerprint density at radius 1 is 1.00 bits per heavy atom. The van der Waals surface area contributed by atoms with Crippen LogP contribution in [0.3, 0.4) is 0 Å². The third-order valence-corrected chi connectivity index (χ3v) is 2.55. The van der Waals surface area contributed by atoms with Gasteiger partial charge in [-0.15, -0.1) is 0 Å². The number of carbonyl (C=O) groups is 1. The van der Waals surface area contributed by atoms with Crippen LogP contribution in [0.1, 0.15) is 71.6 Å². The van der Waals surface area contributed by atoms with Crippen LogP contribution in [0.2, 0.25) is 0 Å². The van der Waals surface area contributed by atoms with Gasteiger partial charge in [0.1, 0.15) is 0 Å². The van der Waals surface area contributed by atoms with Crippen molar-refractivity contribution in [3.8, 4) is 0 Å². The van der Waals surface area contributed by atoms with Crippen molar-refractivity contribution in [1.29, 1.82) is 0 Å². The van der Waals surface area contributed by atoms with Gasteiger partial charge in [-0.3, -0.25) is 4.79 Å². The van der Waals surface area contributed by atoms with Crippen LogP contribution >= 0.6 is 0 Å². The van der Waals surface area contributed by atoms with Gasteiger partial charge in [0.2, 0.25) is 0 Å². The molecule has 0 rings (SSSR count). The average molecular weight is 226 g/mol. The van der Waals surface area contributed by atoms with Crippen molar-refractivity contribution in [2.24, 2.45) is 0 Å². The van der Waals surface area contributed by atoms with E-state index in [4.69, 9.17) is 4.74 Å². The first-order valence-corrected chi connectivity index (χ1v) is 6.59. The normalized spacial score (nSPS) is 10.9. The molecule has 0 unspecified atom stereocenters. The number of esters is 1. The van der Waals surface area contributed by atoms with Gasteiger partial charge in [0.15, 0.2) is 0 Å². The molecule has 0 aliphatic rings. The number of rotatable bonds is 10. The molecule has 0 saturated carbocycles. The average Bonchev–Trinajstić information content (AvgIpc) is 2.25. The Bertz CT molecular complexity index is 185. The Hall–Kier alpha value is -0.790. The van der Waals surface area contributed by atoms with E-state index in [0.717, 1.165) is 6.42 Å². The number of ether oxygens (including phenoxy) is 1. The van der Waals surface area contributed by atoms with E-state index in [-0.39, 0.29) is 5.97 Å². The summed E-state index contributed by atoms with van der Waals surface area (Å²) in [4.78, 5) is 10.4. The summed E-state index contributed by atoms with van der Waals surface area (Å²) in [5, 5.41) is 0. The lowest BCUT2D eigenvalue weighted by Gasteiger charge is -1.99. The molecule has 0 N–H and O–H groups in total. The first kappa shape index (κ1) is 15.2. The highest BCUT2D eigenvalue weighted by molar-refractivity contribution is 5.66. The molecule has 0 atom stereocenters. The van der Waals surface area contributed by atoms with Crippen LogP contribution in [0.4, 0.5) is 0 Å². The Balaban J connectivity index is 3.03. The van der Waals surface area contributed by atoms with E-state index in [0.29, 0.717) is 0 Å². The molecule has 0 bridgehead atoms. The van der Waals surface area contributed by atoms with Crippen molar-refractivity contribution < 1.29 is 9.53 Å². The van der Waals surface area contributed by atoms with Crippen LogP contribution in [-0.2, 0) is 9.53 Å². The van der Waals surface area contributed by atoms with Crippen molar-refractivity contribution in [1.82, 2.24) is 0 Å². The quantitative estimate of drug-likeness (QED) is 0.309. The number of allylic oxidation sites excluding steroid dienone is 1. The lowest BCUT2D eigenvalue weighted by molar-refractivity contribution is -0.135. The summed E-state index contributed by atoms with van der Waals surface area (Å²) < 4.78 is 4.69. The van der Waals surface area contributed by atoms with Crippen LogP contribution in [0.25, 0.3) is 0 Å². The van der Waals surface area contributed by atoms with Crippen LogP contribution in [0.15, 0.2) is 12.3 Å². The molecule has 0 aromatic heterocycles. The number of unbranched alkanes of at least 4 members (excludes halogenated alkanes) is 8. The predicted molar refractivity (Wildman–Crippen MR) is 68.1 cm³/mol. The largest absolute Gasteiger partial charge is 0.435 e. The minimum Gasteiger partial charge on any atom is -0.435 e. The lowest BCUT2D eigenvalue weighted by Crippen LogP contribution is -1.89. The topological polar surface area (TPSA) is 26.3 Å². The maximum Gasteiger partial charge on any atom is 0.307 e. The van der Waals surface area contributed by atoms with Gasteiger partial charge in [0.25, 0.3) is 0 Å². The van der Waals surface area contributed by atoms with Crippen molar-refractivity contribution in [2.45, 2.75) is 71.6 Å². The second-order valence-electron chi connectivity index (χ2n) is 4.24. The second kappa shape index (κ2) is 12.3. The fourth-order valence-corrected chi connectivity index (χ4v) is 1.61. The molecule has 94 valence electrons. The first-order chi connectivity index (χ1) is 7.77. The monoisotopic (exact) mass is 226 g/mol. The zero-order chi connectivity index (χ0) is 12.1. The van der Waals surface area contributed by atoms with Crippen LogP contribution < -0.4 is 0 Å². The molecule has 0 fully saturated rings. The third kappa shape index (κ3) is 13.2. The van der Waals surface area contributed by atoms with E-state index >= 15 is 0 Å². The molecular formula is C14H26O2.